The van der Waals surface area contributed by atoms with Gasteiger partial charge in [0.25, 0.3) is 0 Å². The van der Waals surface area contributed by atoms with Crippen molar-refractivity contribution < 1.29 is 19.4 Å². The van der Waals surface area contributed by atoms with Crippen molar-refractivity contribution in [2.24, 2.45) is 10.9 Å². The SMILES string of the molecule is CCOC(=O)C(C)C1N=C2CN(C(=O)O)CCC2N1. The highest BCUT2D eigenvalue weighted by Gasteiger charge is 2.37. The third-order valence-electron chi connectivity index (χ3n) is 3.52. The predicted octanol–water partition coefficient (Wildman–Crippen LogP) is 0.308. The van der Waals surface area contributed by atoms with E-state index in [0.29, 0.717) is 26.1 Å². The molecule has 2 heterocycles. The van der Waals surface area contributed by atoms with Gasteiger partial charge < -0.3 is 14.7 Å². The van der Waals surface area contributed by atoms with Gasteiger partial charge in [0.15, 0.2) is 0 Å². The van der Waals surface area contributed by atoms with Crippen molar-refractivity contribution in [1.82, 2.24) is 10.2 Å². The number of nitrogens with one attached hydrogen (secondary N) is 1. The summed E-state index contributed by atoms with van der Waals surface area (Å²) in [5.74, 6) is -0.644. The van der Waals surface area contributed by atoms with Gasteiger partial charge in [0.05, 0.1) is 30.8 Å². The number of likely N-dealkylation sites (tertiary alicyclic amines) is 1. The zero-order valence-electron chi connectivity index (χ0n) is 11.1. The highest BCUT2D eigenvalue weighted by molar-refractivity contribution is 5.95. The molecule has 0 saturated carbocycles. The Morgan fingerprint density at radius 2 is 2.37 bits per heavy atom. The molecular weight excluding hydrogens is 250 g/mol. The van der Waals surface area contributed by atoms with E-state index < -0.39 is 6.09 Å². The molecule has 0 aromatic carbocycles. The lowest BCUT2D eigenvalue weighted by molar-refractivity contribution is -0.148. The maximum atomic E-state index is 11.7. The number of hydrogen-bond donors (Lipinski definition) is 2. The van der Waals surface area contributed by atoms with Gasteiger partial charge in [-0.15, -0.1) is 0 Å². The Kier molecular flexibility index (Phi) is 4.04. The molecule has 3 unspecified atom stereocenters. The van der Waals surface area contributed by atoms with E-state index in [2.05, 4.69) is 10.3 Å². The zero-order valence-corrected chi connectivity index (χ0v) is 11.1. The second-order valence-electron chi connectivity index (χ2n) is 4.82. The van der Waals surface area contributed by atoms with Crippen LogP contribution in [0.15, 0.2) is 4.99 Å². The van der Waals surface area contributed by atoms with E-state index in [-0.39, 0.29) is 24.1 Å². The number of rotatable bonds is 3. The van der Waals surface area contributed by atoms with Gasteiger partial charge >= 0.3 is 12.1 Å². The van der Waals surface area contributed by atoms with E-state index in [1.165, 1.54) is 4.90 Å². The monoisotopic (exact) mass is 269 g/mol. The summed E-state index contributed by atoms with van der Waals surface area (Å²) in [7, 11) is 0. The standard InChI is InChI=1S/C12H19N3O4/c1-3-19-11(16)7(2)10-13-8-4-5-15(12(17)18)6-9(8)14-10/h7-8,10,13H,3-6H2,1-2H3,(H,17,18). The number of ether oxygens (including phenoxy) is 1. The van der Waals surface area contributed by atoms with Crippen molar-refractivity contribution in [3.8, 4) is 0 Å². The van der Waals surface area contributed by atoms with Gasteiger partial charge in [0.1, 0.15) is 6.17 Å². The number of hydrogen-bond acceptors (Lipinski definition) is 5. The van der Waals surface area contributed by atoms with E-state index in [0.717, 1.165) is 5.71 Å². The summed E-state index contributed by atoms with van der Waals surface area (Å²) < 4.78 is 4.98. The van der Waals surface area contributed by atoms with E-state index in [1.54, 1.807) is 13.8 Å². The molecule has 0 aliphatic carbocycles. The number of piperidine rings is 1. The molecule has 7 nitrogen and oxygen atoms in total. The van der Waals surface area contributed by atoms with Crippen molar-refractivity contribution in [3.05, 3.63) is 0 Å². The molecule has 0 aromatic heterocycles. The Morgan fingerprint density at radius 3 is 3.00 bits per heavy atom. The minimum Gasteiger partial charge on any atom is -0.466 e. The van der Waals surface area contributed by atoms with E-state index in [9.17, 15) is 9.59 Å². The predicted molar refractivity (Wildman–Crippen MR) is 68.2 cm³/mol. The number of carboxylic acid groups (broad SMARTS) is 1. The van der Waals surface area contributed by atoms with E-state index >= 15 is 0 Å². The maximum absolute atomic E-state index is 11.7. The molecule has 1 amide bonds. The first-order valence-corrected chi connectivity index (χ1v) is 6.50. The molecule has 3 atom stereocenters. The molecule has 7 heteroatoms. The Labute approximate surface area is 111 Å². The molecule has 2 N–H and O–H groups in total. The molecular formula is C12H19N3O4. The molecule has 0 aromatic rings. The number of carbonyl (C=O) groups excluding carboxylic acids is 1. The van der Waals surface area contributed by atoms with Crippen LogP contribution < -0.4 is 5.32 Å². The van der Waals surface area contributed by atoms with Crippen LogP contribution >= 0.6 is 0 Å². The van der Waals surface area contributed by atoms with Crippen LogP contribution in [0.3, 0.4) is 0 Å². The van der Waals surface area contributed by atoms with Gasteiger partial charge in [0.2, 0.25) is 0 Å². The van der Waals surface area contributed by atoms with Gasteiger partial charge in [0, 0.05) is 6.54 Å². The zero-order chi connectivity index (χ0) is 14.0. The molecule has 2 rings (SSSR count). The Balaban J connectivity index is 2.01. The van der Waals surface area contributed by atoms with Crippen molar-refractivity contribution in [3.63, 3.8) is 0 Å². The second kappa shape index (κ2) is 5.56. The van der Waals surface area contributed by atoms with Crippen molar-refractivity contribution in [2.45, 2.75) is 32.5 Å². The van der Waals surface area contributed by atoms with E-state index in [4.69, 9.17) is 9.84 Å². The minimum absolute atomic E-state index is 0.0810. The largest absolute Gasteiger partial charge is 0.466 e. The first-order valence-electron chi connectivity index (χ1n) is 6.50. The Bertz CT molecular complexity index is 410. The number of fused-ring (bicyclic) bond motifs is 1. The number of esters is 1. The third kappa shape index (κ3) is 2.86. The Morgan fingerprint density at radius 1 is 1.63 bits per heavy atom. The summed E-state index contributed by atoms with van der Waals surface area (Å²) in [6, 6.07) is 0.0810. The van der Waals surface area contributed by atoms with Gasteiger partial charge in [-0.1, -0.05) is 0 Å². The van der Waals surface area contributed by atoms with Crippen LogP contribution in [0.5, 0.6) is 0 Å². The van der Waals surface area contributed by atoms with Crippen LogP contribution in [0.4, 0.5) is 4.79 Å². The fourth-order valence-electron chi connectivity index (χ4n) is 2.39. The summed E-state index contributed by atoms with van der Waals surface area (Å²) in [5.41, 5.74) is 0.815. The molecule has 1 saturated heterocycles. The quantitative estimate of drug-likeness (QED) is 0.719. The summed E-state index contributed by atoms with van der Waals surface area (Å²) in [4.78, 5) is 28.4. The molecule has 0 spiro atoms. The highest BCUT2D eigenvalue weighted by atomic mass is 16.5. The van der Waals surface area contributed by atoms with Crippen LogP contribution in [0.2, 0.25) is 0 Å². The summed E-state index contributed by atoms with van der Waals surface area (Å²) in [6.07, 6.45) is -0.548. The molecule has 19 heavy (non-hydrogen) atoms. The fourth-order valence-corrected chi connectivity index (χ4v) is 2.39. The first-order chi connectivity index (χ1) is 9.02. The molecule has 2 aliphatic rings. The minimum atomic E-state index is -0.928. The van der Waals surface area contributed by atoms with E-state index in [1.807, 2.05) is 0 Å². The number of amides is 1. The lowest BCUT2D eigenvalue weighted by Crippen LogP contribution is -2.49. The van der Waals surface area contributed by atoms with Gasteiger partial charge in [-0.3, -0.25) is 15.1 Å². The van der Waals surface area contributed by atoms with Crippen LogP contribution in [-0.4, -0.2) is 59.7 Å². The van der Waals surface area contributed by atoms with Crippen molar-refractivity contribution >= 4 is 17.8 Å². The van der Waals surface area contributed by atoms with Gasteiger partial charge in [-0.25, -0.2) is 4.79 Å². The normalized spacial score (nSPS) is 27.5. The second-order valence-corrected chi connectivity index (χ2v) is 4.82. The van der Waals surface area contributed by atoms with Crippen LogP contribution in [0.1, 0.15) is 20.3 Å². The third-order valence-corrected chi connectivity index (χ3v) is 3.52. The topological polar surface area (TPSA) is 91.2 Å². The smallest absolute Gasteiger partial charge is 0.407 e. The van der Waals surface area contributed by atoms with Crippen LogP contribution in [0, 0.1) is 5.92 Å². The van der Waals surface area contributed by atoms with Crippen LogP contribution in [0.25, 0.3) is 0 Å². The van der Waals surface area contributed by atoms with Crippen molar-refractivity contribution in [2.75, 3.05) is 19.7 Å². The Hall–Kier alpha value is -1.63. The average Bonchev–Trinajstić information content (AvgIpc) is 2.80. The summed E-state index contributed by atoms with van der Waals surface area (Å²) in [5, 5.41) is 12.2. The van der Waals surface area contributed by atoms with Crippen molar-refractivity contribution in [1.29, 1.82) is 0 Å². The fraction of sp³-hybridized carbons (Fsp3) is 0.750. The lowest BCUT2D eigenvalue weighted by atomic mass is 10.0. The average molecular weight is 269 g/mol. The van der Waals surface area contributed by atoms with Gasteiger partial charge in [-0.2, -0.15) is 0 Å². The summed E-state index contributed by atoms with van der Waals surface area (Å²) in [6.45, 7) is 4.70. The number of carbonyl (C=O) groups is 2. The molecule has 2 aliphatic heterocycles. The molecule has 1 fully saturated rings. The lowest BCUT2D eigenvalue weighted by Gasteiger charge is -2.28. The number of aliphatic imine (C=N–C) groups is 1. The number of nitrogens with zero attached hydrogens (tertiary/aromatic N) is 2. The van der Waals surface area contributed by atoms with Crippen LogP contribution in [-0.2, 0) is 9.53 Å². The highest BCUT2D eigenvalue weighted by Crippen LogP contribution is 2.20. The molecule has 0 radical (unpaired) electrons. The molecule has 0 bridgehead atoms. The summed E-state index contributed by atoms with van der Waals surface area (Å²) >= 11 is 0. The molecule has 106 valence electrons. The maximum Gasteiger partial charge on any atom is 0.407 e. The first kappa shape index (κ1) is 13.8. The van der Waals surface area contributed by atoms with Gasteiger partial charge in [-0.05, 0) is 20.3 Å².